The molecule has 0 fully saturated rings. The maximum Gasteiger partial charge on any atom is 0.242 e. The van der Waals surface area contributed by atoms with Crippen molar-refractivity contribution in [1.29, 1.82) is 0 Å². The first-order valence-electron chi connectivity index (χ1n) is 5.75. The molecule has 0 heterocycles. The van der Waals surface area contributed by atoms with E-state index in [1.165, 1.54) is 32.9 Å². The zero-order valence-electron chi connectivity index (χ0n) is 11.0. The first kappa shape index (κ1) is 15.4. The lowest BCUT2D eigenvalue weighted by Crippen LogP contribution is -2.36. The number of rotatable bonds is 4. The van der Waals surface area contributed by atoms with Crippen LogP contribution in [0.2, 0.25) is 0 Å². The molecule has 1 aromatic carbocycles. The summed E-state index contributed by atoms with van der Waals surface area (Å²) in [6.07, 6.45) is 0. The Morgan fingerprint density at radius 3 is 2.42 bits per heavy atom. The molecule has 0 spiro atoms. The summed E-state index contributed by atoms with van der Waals surface area (Å²) in [4.78, 5) is 11.8. The molecule has 106 valence electrons. The van der Waals surface area contributed by atoms with Crippen molar-refractivity contribution in [3.8, 4) is 0 Å². The van der Waals surface area contributed by atoms with E-state index in [1.54, 1.807) is 0 Å². The van der Waals surface area contributed by atoms with Crippen molar-refractivity contribution in [3.63, 3.8) is 0 Å². The van der Waals surface area contributed by atoms with E-state index in [0.29, 0.717) is 0 Å². The van der Waals surface area contributed by atoms with E-state index in [2.05, 4.69) is 5.32 Å². The molecule has 1 rings (SSSR count). The number of hydrogen-bond donors (Lipinski definition) is 2. The Hall–Kier alpha value is -1.63. The van der Waals surface area contributed by atoms with Gasteiger partial charge in [0.2, 0.25) is 5.91 Å². The Labute approximate surface area is 111 Å². The quantitative estimate of drug-likeness (QED) is 0.823. The monoisotopic (exact) mass is 288 g/mol. The number of halogens is 1. The van der Waals surface area contributed by atoms with Crippen LogP contribution >= 0.6 is 0 Å². The van der Waals surface area contributed by atoms with E-state index in [0.717, 1.165) is 6.07 Å². The summed E-state index contributed by atoms with van der Waals surface area (Å²) in [5.74, 6) is -1.45. The number of carbonyl (C=O) groups excluding carboxylic acids is 1. The van der Waals surface area contributed by atoms with Gasteiger partial charge in [0.15, 0.2) is 9.84 Å². The van der Waals surface area contributed by atoms with Gasteiger partial charge < -0.3 is 11.1 Å². The van der Waals surface area contributed by atoms with Gasteiger partial charge in [0.05, 0.1) is 10.9 Å². The average Bonchev–Trinajstić information content (AvgIpc) is 2.32. The molecule has 0 saturated carbocycles. The Balaban J connectivity index is 2.95. The average molecular weight is 288 g/mol. The molecule has 5 nitrogen and oxygen atoms in total. The molecule has 0 aromatic heterocycles. The Bertz CT molecular complexity index is 585. The molecule has 0 aliphatic heterocycles. The van der Waals surface area contributed by atoms with E-state index in [-0.39, 0.29) is 11.4 Å². The van der Waals surface area contributed by atoms with Gasteiger partial charge in [-0.1, -0.05) is 0 Å². The number of sulfone groups is 1. The third kappa shape index (κ3) is 3.44. The molecule has 3 N–H and O–H groups in total. The second kappa shape index (κ2) is 5.56. The maximum atomic E-state index is 13.4. The van der Waals surface area contributed by atoms with Crippen LogP contribution in [0.15, 0.2) is 18.2 Å². The molecule has 0 saturated heterocycles. The van der Waals surface area contributed by atoms with Crippen molar-refractivity contribution < 1.29 is 17.6 Å². The summed E-state index contributed by atoms with van der Waals surface area (Å²) in [5.41, 5.74) is 5.62. The lowest BCUT2D eigenvalue weighted by molar-refractivity contribution is -0.115. The molecule has 0 radical (unpaired) electrons. The number of amides is 1. The molecular formula is C12H17FN2O3S. The largest absolute Gasteiger partial charge is 0.399 e. The molecule has 1 amide bonds. The molecule has 1 unspecified atom stereocenters. The van der Waals surface area contributed by atoms with Gasteiger partial charge in [0.1, 0.15) is 11.1 Å². The molecule has 0 aliphatic carbocycles. The van der Waals surface area contributed by atoms with Crippen LogP contribution < -0.4 is 11.1 Å². The predicted molar refractivity (Wildman–Crippen MR) is 73.0 cm³/mol. The van der Waals surface area contributed by atoms with Crippen molar-refractivity contribution in [2.24, 2.45) is 0 Å². The highest BCUT2D eigenvalue weighted by molar-refractivity contribution is 7.93. The van der Waals surface area contributed by atoms with Crippen LogP contribution in [0.5, 0.6) is 0 Å². The van der Waals surface area contributed by atoms with Gasteiger partial charge in [-0.2, -0.15) is 0 Å². The van der Waals surface area contributed by atoms with Crippen LogP contribution in [0.3, 0.4) is 0 Å². The minimum absolute atomic E-state index is 0.129. The zero-order chi connectivity index (χ0) is 14.8. The summed E-state index contributed by atoms with van der Waals surface area (Å²) in [7, 11) is -3.58. The first-order valence-corrected chi connectivity index (χ1v) is 7.35. The Kier molecular flexibility index (Phi) is 4.52. The number of benzene rings is 1. The minimum atomic E-state index is -3.58. The van der Waals surface area contributed by atoms with Gasteiger partial charge in [-0.3, -0.25) is 4.79 Å². The van der Waals surface area contributed by atoms with Crippen molar-refractivity contribution in [2.75, 3.05) is 11.1 Å². The fourth-order valence-corrected chi connectivity index (χ4v) is 2.60. The van der Waals surface area contributed by atoms with Gasteiger partial charge in [-0.25, -0.2) is 12.8 Å². The van der Waals surface area contributed by atoms with Gasteiger partial charge in [0, 0.05) is 5.69 Å². The first-order chi connectivity index (χ1) is 8.66. The zero-order valence-corrected chi connectivity index (χ0v) is 11.8. The van der Waals surface area contributed by atoms with Crippen LogP contribution in [0.25, 0.3) is 0 Å². The number of carbonyl (C=O) groups is 1. The van der Waals surface area contributed by atoms with Gasteiger partial charge in [0.25, 0.3) is 0 Å². The normalized spacial score (nSPS) is 13.3. The lowest BCUT2D eigenvalue weighted by atomic mass is 10.2. The third-order valence-corrected chi connectivity index (χ3v) is 5.28. The molecule has 7 heteroatoms. The summed E-state index contributed by atoms with van der Waals surface area (Å²) in [6.45, 7) is 4.25. The summed E-state index contributed by atoms with van der Waals surface area (Å²) in [5, 5.41) is 0.301. The van der Waals surface area contributed by atoms with Crippen LogP contribution in [0, 0.1) is 5.82 Å². The van der Waals surface area contributed by atoms with Crippen LogP contribution in [-0.4, -0.2) is 24.8 Å². The van der Waals surface area contributed by atoms with E-state index in [4.69, 9.17) is 5.73 Å². The second-order valence-electron chi connectivity index (χ2n) is 4.51. The fraction of sp³-hybridized carbons (Fsp3) is 0.417. The van der Waals surface area contributed by atoms with E-state index < -0.39 is 32.1 Å². The Morgan fingerprint density at radius 1 is 1.32 bits per heavy atom. The minimum Gasteiger partial charge on any atom is -0.399 e. The number of nitrogens with two attached hydrogens (primary N) is 1. The van der Waals surface area contributed by atoms with Crippen LogP contribution in [-0.2, 0) is 14.6 Å². The van der Waals surface area contributed by atoms with Crippen LogP contribution in [0.1, 0.15) is 20.8 Å². The van der Waals surface area contributed by atoms with E-state index >= 15 is 0 Å². The number of hydrogen-bond acceptors (Lipinski definition) is 4. The highest BCUT2D eigenvalue weighted by atomic mass is 32.2. The van der Waals surface area contributed by atoms with Crippen molar-refractivity contribution in [1.82, 2.24) is 0 Å². The number of anilines is 2. The van der Waals surface area contributed by atoms with Gasteiger partial charge in [-0.05, 0) is 39.0 Å². The molecule has 0 bridgehead atoms. The molecular weight excluding hydrogens is 271 g/mol. The third-order valence-electron chi connectivity index (χ3n) is 2.77. The highest BCUT2D eigenvalue weighted by Gasteiger charge is 2.31. The molecule has 0 aliphatic rings. The SMILES string of the molecule is CC(C)S(=O)(=O)C(C)C(=O)Nc1cc(N)ccc1F. The van der Waals surface area contributed by atoms with E-state index in [9.17, 15) is 17.6 Å². The lowest BCUT2D eigenvalue weighted by Gasteiger charge is -2.16. The van der Waals surface area contributed by atoms with Crippen LogP contribution in [0.4, 0.5) is 15.8 Å². The summed E-state index contributed by atoms with van der Waals surface area (Å²) in [6, 6.07) is 3.69. The molecule has 1 atom stereocenters. The van der Waals surface area contributed by atoms with E-state index in [1.807, 2.05) is 0 Å². The number of nitrogen functional groups attached to an aromatic ring is 1. The highest BCUT2D eigenvalue weighted by Crippen LogP contribution is 2.19. The summed E-state index contributed by atoms with van der Waals surface area (Å²) < 4.78 is 37.1. The molecule has 1 aromatic rings. The van der Waals surface area contributed by atoms with Crippen molar-refractivity contribution in [3.05, 3.63) is 24.0 Å². The van der Waals surface area contributed by atoms with Crippen molar-refractivity contribution in [2.45, 2.75) is 31.3 Å². The van der Waals surface area contributed by atoms with Gasteiger partial charge in [-0.15, -0.1) is 0 Å². The van der Waals surface area contributed by atoms with Gasteiger partial charge >= 0.3 is 0 Å². The number of nitrogens with one attached hydrogen (secondary N) is 1. The molecule has 19 heavy (non-hydrogen) atoms. The summed E-state index contributed by atoms with van der Waals surface area (Å²) >= 11 is 0. The smallest absolute Gasteiger partial charge is 0.242 e. The standard InChI is InChI=1S/C12H17FN2O3S/c1-7(2)19(17,18)8(3)12(16)15-11-6-9(14)4-5-10(11)13/h4-8H,14H2,1-3H3,(H,15,16). The Morgan fingerprint density at radius 2 is 1.89 bits per heavy atom. The second-order valence-corrected chi connectivity index (χ2v) is 7.34. The predicted octanol–water partition coefficient (Wildman–Crippen LogP) is 1.56. The fourth-order valence-electron chi connectivity index (χ4n) is 1.43. The van der Waals surface area contributed by atoms with Crippen molar-refractivity contribution >= 4 is 27.1 Å². The topological polar surface area (TPSA) is 89.3 Å². The maximum absolute atomic E-state index is 13.4.